The number of fused-ring (bicyclic) bond motifs is 2. The van der Waals surface area contributed by atoms with Crippen LogP contribution in [0, 0.1) is 0 Å². The minimum Gasteiger partial charge on any atom is -0.350 e. The standard InChI is InChI=1S/C17H18N4O4S/c22-16(19-10-12-3-1-7-18-12)11-5-6-15-13(9-11)20-17(23)14-4-2-8-21(14)26(15,24)25/h2,4-6,8-9,12,18H,1,3,7,10H2,(H,19,22)(H,20,23). The Labute approximate surface area is 150 Å². The first-order chi connectivity index (χ1) is 12.5. The molecule has 4 rings (SSSR count). The molecule has 1 fully saturated rings. The molecule has 0 saturated carbocycles. The van der Waals surface area contributed by atoms with E-state index < -0.39 is 15.9 Å². The molecule has 0 radical (unpaired) electrons. The van der Waals surface area contributed by atoms with Gasteiger partial charge in [-0.2, -0.15) is 0 Å². The Morgan fingerprint density at radius 3 is 2.92 bits per heavy atom. The number of aromatic nitrogens is 1. The van der Waals surface area contributed by atoms with Crippen LogP contribution < -0.4 is 16.0 Å². The van der Waals surface area contributed by atoms with E-state index in [1.54, 1.807) is 0 Å². The maximum Gasteiger partial charge on any atom is 0.273 e. The molecule has 136 valence electrons. The highest BCUT2D eigenvalue weighted by atomic mass is 32.2. The average Bonchev–Trinajstić information content (AvgIpc) is 3.29. The number of nitrogens with one attached hydrogen (secondary N) is 3. The van der Waals surface area contributed by atoms with Crippen LogP contribution in [0.4, 0.5) is 5.69 Å². The third-order valence-electron chi connectivity index (χ3n) is 4.64. The zero-order chi connectivity index (χ0) is 18.3. The Morgan fingerprint density at radius 2 is 2.15 bits per heavy atom. The van der Waals surface area contributed by atoms with Gasteiger partial charge in [-0.05, 0) is 49.7 Å². The summed E-state index contributed by atoms with van der Waals surface area (Å²) in [6.07, 6.45) is 3.43. The molecule has 1 aromatic heterocycles. The highest BCUT2D eigenvalue weighted by Crippen LogP contribution is 2.29. The van der Waals surface area contributed by atoms with Gasteiger partial charge in [0.1, 0.15) is 10.6 Å². The number of carbonyl (C=O) groups is 2. The SMILES string of the molecule is O=C(NCC1CCCN1)c1ccc2c(c1)NC(=O)c1cccn1S2(=O)=O. The van der Waals surface area contributed by atoms with Crippen molar-refractivity contribution in [3.05, 3.63) is 47.8 Å². The van der Waals surface area contributed by atoms with Crippen molar-refractivity contribution in [1.29, 1.82) is 0 Å². The van der Waals surface area contributed by atoms with Gasteiger partial charge in [0, 0.05) is 24.3 Å². The molecule has 26 heavy (non-hydrogen) atoms. The van der Waals surface area contributed by atoms with E-state index in [1.807, 2.05) is 0 Å². The molecule has 1 aromatic carbocycles. The highest BCUT2D eigenvalue weighted by Gasteiger charge is 2.30. The maximum absolute atomic E-state index is 12.8. The molecule has 1 unspecified atom stereocenters. The zero-order valence-corrected chi connectivity index (χ0v) is 14.7. The molecular weight excluding hydrogens is 356 g/mol. The van der Waals surface area contributed by atoms with E-state index in [4.69, 9.17) is 0 Å². The smallest absolute Gasteiger partial charge is 0.273 e. The van der Waals surface area contributed by atoms with Crippen LogP contribution in [0.15, 0.2) is 41.4 Å². The summed E-state index contributed by atoms with van der Waals surface area (Å²) < 4.78 is 26.5. The third-order valence-corrected chi connectivity index (χ3v) is 6.39. The summed E-state index contributed by atoms with van der Waals surface area (Å²) in [4.78, 5) is 24.6. The van der Waals surface area contributed by atoms with Gasteiger partial charge in [0.2, 0.25) is 0 Å². The number of carbonyl (C=O) groups excluding carboxylic acids is 2. The lowest BCUT2D eigenvalue weighted by molar-refractivity contribution is 0.0948. The first-order valence-corrected chi connectivity index (χ1v) is 9.81. The predicted octanol–water partition coefficient (Wildman–Crippen LogP) is 0.773. The van der Waals surface area contributed by atoms with Crippen LogP contribution in [-0.2, 0) is 10.0 Å². The third kappa shape index (κ3) is 2.78. The van der Waals surface area contributed by atoms with Crippen molar-refractivity contribution in [3.63, 3.8) is 0 Å². The summed E-state index contributed by atoms with van der Waals surface area (Å²) in [7, 11) is -3.90. The van der Waals surface area contributed by atoms with Crippen LogP contribution in [0.2, 0.25) is 0 Å². The highest BCUT2D eigenvalue weighted by molar-refractivity contribution is 7.90. The molecule has 2 aromatic rings. The Hall–Kier alpha value is -2.65. The minimum atomic E-state index is -3.90. The Bertz CT molecular complexity index is 990. The molecule has 0 bridgehead atoms. The van der Waals surface area contributed by atoms with E-state index in [1.165, 1.54) is 36.5 Å². The van der Waals surface area contributed by atoms with Gasteiger partial charge in [-0.15, -0.1) is 0 Å². The lowest BCUT2D eigenvalue weighted by atomic mass is 10.1. The second-order valence-electron chi connectivity index (χ2n) is 6.36. The van der Waals surface area contributed by atoms with Crippen molar-refractivity contribution >= 4 is 27.5 Å². The molecule has 3 heterocycles. The quantitative estimate of drug-likeness (QED) is 0.735. The van der Waals surface area contributed by atoms with Crippen molar-refractivity contribution in [2.24, 2.45) is 0 Å². The van der Waals surface area contributed by atoms with Gasteiger partial charge in [-0.25, -0.2) is 12.4 Å². The molecule has 2 aliphatic rings. The van der Waals surface area contributed by atoms with Crippen LogP contribution >= 0.6 is 0 Å². The number of anilines is 1. The van der Waals surface area contributed by atoms with E-state index >= 15 is 0 Å². The van der Waals surface area contributed by atoms with Crippen LogP contribution in [0.25, 0.3) is 0 Å². The van der Waals surface area contributed by atoms with Gasteiger partial charge >= 0.3 is 0 Å². The lowest BCUT2D eigenvalue weighted by Crippen LogP contribution is -2.37. The van der Waals surface area contributed by atoms with E-state index in [2.05, 4.69) is 16.0 Å². The minimum absolute atomic E-state index is 0.0273. The molecule has 1 saturated heterocycles. The number of hydrogen-bond donors (Lipinski definition) is 3. The van der Waals surface area contributed by atoms with Crippen molar-refractivity contribution < 1.29 is 18.0 Å². The second-order valence-corrected chi connectivity index (χ2v) is 8.15. The van der Waals surface area contributed by atoms with E-state index in [-0.39, 0.29) is 28.2 Å². The summed E-state index contributed by atoms with van der Waals surface area (Å²) >= 11 is 0. The predicted molar refractivity (Wildman–Crippen MR) is 94.8 cm³/mol. The summed E-state index contributed by atoms with van der Waals surface area (Å²) in [6, 6.07) is 7.38. The molecule has 2 amide bonds. The van der Waals surface area contributed by atoms with Crippen molar-refractivity contribution in [2.75, 3.05) is 18.4 Å². The van der Waals surface area contributed by atoms with Crippen molar-refractivity contribution in [3.8, 4) is 0 Å². The second kappa shape index (κ2) is 6.26. The zero-order valence-electron chi connectivity index (χ0n) is 13.9. The van der Waals surface area contributed by atoms with Crippen LogP contribution in [-0.4, -0.2) is 43.3 Å². The van der Waals surface area contributed by atoms with Gasteiger partial charge in [0.15, 0.2) is 0 Å². The van der Waals surface area contributed by atoms with Gasteiger partial charge < -0.3 is 16.0 Å². The molecule has 9 heteroatoms. The fraction of sp³-hybridized carbons (Fsp3) is 0.294. The molecule has 8 nitrogen and oxygen atoms in total. The fourth-order valence-corrected chi connectivity index (χ4v) is 4.76. The number of benzene rings is 1. The van der Waals surface area contributed by atoms with Gasteiger partial charge in [-0.1, -0.05) is 0 Å². The molecule has 0 aliphatic carbocycles. The first-order valence-electron chi connectivity index (χ1n) is 8.37. The summed E-state index contributed by atoms with van der Waals surface area (Å²) in [5, 5.41) is 8.71. The molecule has 0 spiro atoms. The number of hydrogen-bond acceptors (Lipinski definition) is 5. The molecular formula is C17H18N4O4S. The Kier molecular flexibility index (Phi) is 4.04. The van der Waals surface area contributed by atoms with Crippen LogP contribution in [0.3, 0.4) is 0 Å². The summed E-state index contributed by atoms with van der Waals surface area (Å²) in [5.41, 5.74) is 0.425. The van der Waals surface area contributed by atoms with E-state index in [0.29, 0.717) is 12.1 Å². The molecule has 2 aliphatic heterocycles. The molecule has 1 atom stereocenters. The number of amides is 2. The average molecular weight is 374 g/mol. The largest absolute Gasteiger partial charge is 0.350 e. The normalized spacial score (nSPS) is 20.6. The first kappa shape index (κ1) is 16.8. The fourth-order valence-electron chi connectivity index (χ4n) is 3.29. The summed E-state index contributed by atoms with van der Waals surface area (Å²) in [5.74, 6) is -0.845. The van der Waals surface area contributed by atoms with Crippen molar-refractivity contribution in [1.82, 2.24) is 14.6 Å². The molecule has 3 N–H and O–H groups in total. The van der Waals surface area contributed by atoms with E-state index in [9.17, 15) is 18.0 Å². The van der Waals surface area contributed by atoms with Crippen LogP contribution in [0.1, 0.15) is 33.7 Å². The van der Waals surface area contributed by atoms with Gasteiger partial charge in [-0.3, -0.25) is 9.59 Å². The Balaban J connectivity index is 1.63. The maximum atomic E-state index is 12.8. The van der Waals surface area contributed by atoms with E-state index in [0.717, 1.165) is 23.4 Å². The number of nitrogens with zero attached hydrogens (tertiary/aromatic N) is 1. The number of rotatable bonds is 3. The van der Waals surface area contributed by atoms with Crippen molar-refractivity contribution in [2.45, 2.75) is 23.8 Å². The monoisotopic (exact) mass is 374 g/mol. The van der Waals surface area contributed by atoms with Gasteiger partial charge in [0.05, 0.1) is 5.69 Å². The Morgan fingerprint density at radius 1 is 1.31 bits per heavy atom. The van der Waals surface area contributed by atoms with Gasteiger partial charge in [0.25, 0.3) is 21.8 Å². The summed E-state index contributed by atoms with van der Waals surface area (Å²) in [6.45, 7) is 1.45. The lowest BCUT2D eigenvalue weighted by Gasteiger charge is -2.13. The van der Waals surface area contributed by atoms with Crippen LogP contribution in [0.5, 0.6) is 0 Å². The topological polar surface area (TPSA) is 109 Å².